The van der Waals surface area contributed by atoms with Gasteiger partial charge in [-0.2, -0.15) is 0 Å². The number of hydrogen-bond donors (Lipinski definition) is 0. The highest BCUT2D eigenvalue weighted by Crippen LogP contribution is 2.49. The molecular formula is C31H50O6. The number of hydrogen-bond acceptors (Lipinski definition) is 6. The van der Waals surface area contributed by atoms with Crippen molar-refractivity contribution in [1.29, 1.82) is 0 Å². The summed E-state index contributed by atoms with van der Waals surface area (Å²) in [5.74, 6) is 1.67. The van der Waals surface area contributed by atoms with Gasteiger partial charge in [-0.05, 0) is 79.4 Å². The molecule has 0 amide bonds. The van der Waals surface area contributed by atoms with E-state index in [1.807, 2.05) is 0 Å². The molecule has 37 heavy (non-hydrogen) atoms. The Labute approximate surface area is 224 Å². The number of esters is 2. The number of rotatable bonds is 10. The van der Waals surface area contributed by atoms with Crippen molar-refractivity contribution in [2.75, 3.05) is 13.6 Å². The average Bonchev–Trinajstić information content (AvgIpc) is 3.45. The maximum absolute atomic E-state index is 13.2. The van der Waals surface area contributed by atoms with E-state index < -0.39 is 11.8 Å². The Morgan fingerprint density at radius 3 is 1.46 bits per heavy atom. The molecule has 0 heterocycles. The first kappa shape index (κ1) is 28.6. The molecule has 10 atom stereocenters. The van der Waals surface area contributed by atoms with Crippen LogP contribution in [-0.4, -0.2) is 37.7 Å². The number of allylic oxidation sites excluding steroid dienone is 2. The van der Waals surface area contributed by atoms with Gasteiger partial charge in [-0.3, -0.25) is 9.59 Å². The molecule has 4 aliphatic carbocycles. The topological polar surface area (TPSA) is 71.1 Å². The fourth-order valence-electron chi connectivity index (χ4n) is 7.63. The van der Waals surface area contributed by atoms with Gasteiger partial charge in [0.05, 0.1) is 24.0 Å². The van der Waals surface area contributed by atoms with Crippen molar-refractivity contribution < 1.29 is 28.5 Å². The summed E-state index contributed by atoms with van der Waals surface area (Å²) in [4.78, 5) is 26.3. The molecule has 0 aromatic carbocycles. The first-order chi connectivity index (χ1) is 17.7. The van der Waals surface area contributed by atoms with E-state index in [-0.39, 0.29) is 49.6 Å². The van der Waals surface area contributed by atoms with Gasteiger partial charge < -0.3 is 18.9 Å². The van der Waals surface area contributed by atoms with E-state index in [1.54, 1.807) is 0 Å². The summed E-state index contributed by atoms with van der Waals surface area (Å²) in [7, 11) is 0. The van der Waals surface area contributed by atoms with Crippen LogP contribution >= 0.6 is 0 Å². The van der Waals surface area contributed by atoms with Crippen LogP contribution in [0.25, 0.3) is 0 Å². The minimum atomic E-state index is -0.504. The molecule has 6 heteroatoms. The van der Waals surface area contributed by atoms with E-state index in [0.29, 0.717) is 35.5 Å². The molecule has 0 saturated heterocycles. The fourth-order valence-corrected chi connectivity index (χ4v) is 7.63. The van der Waals surface area contributed by atoms with Crippen LogP contribution < -0.4 is 0 Å². The van der Waals surface area contributed by atoms with Crippen LogP contribution in [0.2, 0.25) is 0 Å². The first-order valence-electron chi connectivity index (χ1n) is 14.9. The van der Waals surface area contributed by atoms with Crippen LogP contribution in [0.3, 0.4) is 0 Å². The lowest BCUT2D eigenvalue weighted by Crippen LogP contribution is -2.38. The zero-order valence-electron chi connectivity index (χ0n) is 23.9. The predicted octanol–water partition coefficient (Wildman–Crippen LogP) is 6.38. The van der Waals surface area contributed by atoms with Crippen molar-refractivity contribution in [2.24, 2.45) is 59.2 Å². The molecular weight excluding hydrogens is 468 g/mol. The Balaban J connectivity index is 1.28. The summed E-state index contributed by atoms with van der Waals surface area (Å²) in [5.41, 5.74) is 0. The number of carbonyl (C=O) groups excluding carboxylic acids is 2. The second-order valence-electron chi connectivity index (χ2n) is 13.2. The molecule has 4 aliphatic rings. The van der Waals surface area contributed by atoms with Crippen LogP contribution in [0.5, 0.6) is 0 Å². The first-order valence-corrected chi connectivity index (χ1v) is 14.9. The van der Waals surface area contributed by atoms with Crippen LogP contribution in [-0.2, 0) is 28.5 Å². The summed E-state index contributed by atoms with van der Waals surface area (Å²) in [6, 6.07) is 0. The van der Waals surface area contributed by atoms with Crippen molar-refractivity contribution in [3.63, 3.8) is 0 Å². The van der Waals surface area contributed by atoms with Crippen molar-refractivity contribution in [1.82, 2.24) is 0 Å². The van der Waals surface area contributed by atoms with Crippen LogP contribution in [0.15, 0.2) is 12.2 Å². The summed E-state index contributed by atoms with van der Waals surface area (Å²) >= 11 is 0. The van der Waals surface area contributed by atoms with E-state index in [1.165, 1.54) is 12.8 Å². The largest absolute Gasteiger partial charge is 0.438 e. The molecule has 0 radical (unpaired) electrons. The number of ether oxygens (including phenoxy) is 4. The molecule has 6 nitrogen and oxygen atoms in total. The van der Waals surface area contributed by atoms with E-state index in [4.69, 9.17) is 18.9 Å². The molecule has 0 aliphatic heterocycles. The van der Waals surface area contributed by atoms with Gasteiger partial charge in [-0.25, -0.2) is 0 Å². The van der Waals surface area contributed by atoms with Gasteiger partial charge >= 0.3 is 11.9 Å². The highest BCUT2D eigenvalue weighted by molar-refractivity contribution is 5.84. The van der Waals surface area contributed by atoms with Gasteiger partial charge in [-0.1, -0.05) is 66.5 Å². The highest BCUT2D eigenvalue weighted by Gasteiger charge is 2.53. The third-order valence-corrected chi connectivity index (χ3v) is 9.89. The maximum Gasteiger partial charge on any atom is 0.312 e. The van der Waals surface area contributed by atoms with Crippen molar-refractivity contribution in [3.05, 3.63) is 12.2 Å². The summed E-state index contributed by atoms with van der Waals surface area (Å²) in [6.45, 7) is 13.4. The monoisotopic (exact) mass is 518 g/mol. The van der Waals surface area contributed by atoms with Crippen molar-refractivity contribution in [2.45, 2.75) is 98.7 Å². The second-order valence-corrected chi connectivity index (χ2v) is 13.2. The molecule has 0 aromatic rings. The average molecular weight is 519 g/mol. The normalized spacial score (nSPS) is 39.4. The lowest BCUT2D eigenvalue weighted by molar-refractivity contribution is -0.184. The molecule has 210 valence electrons. The Bertz CT molecular complexity index is 742. The lowest BCUT2D eigenvalue weighted by atomic mass is 9.75. The van der Waals surface area contributed by atoms with Gasteiger partial charge in [0.1, 0.15) is 0 Å². The highest BCUT2D eigenvalue weighted by atomic mass is 16.7. The molecule has 2 bridgehead atoms. The molecule has 4 rings (SSSR count). The molecule has 0 aromatic heterocycles. The molecule has 3 saturated carbocycles. The standard InChI is InChI=1S/C31H50O6/c1-18(2)24-11-7-20(5)13-26(24)34-16-36-30(32)28-22-9-10-23(15-22)29(28)31(33)37-17-35-27-14-21(6)8-12-25(27)19(3)4/h9-10,18-29H,7-8,11-17H2,1-6H3. The molecule has 3 fully saturated rings. The zero-order chi connectivity index (χ0) is 26.7. The maximum atomic E-state index is 13.2. The van der Waals surface area contributed by atoms with Gasteiger partial charge in [0.15, 0.2) is 13.6 Å². The third kappa shape index (κ3) is 6.79. The third-order valence-electron chi connectivity index (χ3n) is 9.89. The summed E-state index contributed by atoms with van der Waals surface area (Å²) in [6.07, 6.45) is 11.9. The Morgan fingerprint density at radius 2 is 1.08 bits per heavy atom. The minimum Gasteiger partial charge on any atom is -0.438 e. The van der Waals surface area contributed by atoms with E-state index in [2.05, 4.69) is 53.7 Å². The van der Waals surface area contributed by atoms with Crippen molar-refractivity contribution >= 4 is 11.9 Å². The Kier molecular flexibility index (Phi) is 9.77. The minimum absolute atomic E-state index is 0.0265. The zero-order valence-corrected chi connectivity index (χ0v) is 23.9. The predicted molar refractivity (Wildman–Crippen MR) is 142 cm³/mol. The van der Waals surface area contributed by atoms with E-state index in [0.717, 1.165) is 32.1 Å². The van der Waals surface area contributed by atoms with E-state index in [9.17, 15) is 9.59 Å². The van der Waals surface area contributed by atoms with Gasteiger partial charge in [0.25, 0.3) is 0 Å². The van der Waals surface area contributed by atoms with E-state index >= 15 is 0 Å². The number of carbonyl (C=O) groups is 2. The van der Waals surface area contributed by atoms with Gasteiger partial charge in [-0.15, -0.1) is 0 Å². The second kappa shape index (κ2) is 12.6. The quantitative estimate of drug-likeness (QED) is 0.190. The van der Waals surface area contributed by atoms with Crippen LogP contribution in [0.1, 0.15) is 86.5 Å². The SMILES string of the molecule is CC1CCC(C(C)C)C(OCOC(=O)C2C3C=CC(C3)C2C(=O)OCOC2CC(C)CCC2C(C)C)C1. The number of fused-ring (bicyclic) bond motifs is 2. The van der Waals surface area contributed by atoms with Crippen molar-refractivity contribution in [3.8, 4) is 0 Å². The molecule has 10 unspecified atom stereocenters. The molecule has 0 spiro atoms. The summed E-state index contributed by atoms with van der Waals surface area (Å²) < 4.78 is 23.5. The van der Waals surface area contributed by atoms with Gasteiger partial charge in [0.2, 0.25) is 0 Å². The van der Waals surface area contributed by atoms with Crippen LogP contribution in [0.4, 0.5) is 0 Å². The molecule has 0 N–H and O–H groups in total. The fraction of sp³-hybridized carbons (Fsp3) is 0.871. The van der Waals surface area contributed by atoms with Gasteiger partial charge in [0, 0.05) is 0 Å². The van der Waals surface area contributed by atoms with Crippen LogP contribution in [0, 0.1) is 59.2 Å². The Hall–Kier alpha value is -1.40. The lowest BCUT2D eigenvalue weighted by Gasteiger charge is -2.37. The Morgan fingerprint density at radius 1 is 0.676 bits per heavy atom. The summed E-state index contributed by atoms with van der Waals surface area (Å²) in [5, 5.41) is 0. The smallest absolute Gasteiger partial charge is 0.312 e.